The van der Waals surface area contributed by atoms with Crippen molar-refractivity contribution in [3.63, 3.8) is 0 Å². The van der Waals surface area contributed by atoms with Gasteiger partial charge >= 0.3 is 12.1 Å². The molecule has 3 N–H and O–H groups in total. The highest BCUT2D eigenvalue weighted by Gasteiger charge is 2.50. The number of hydrogen-bond acceptors (Lipinski definition) is 5. The summed E-state index contributed by atoms with van der Waals surface area (Å²) in [6, 6.07) is -0.456. The minimum absolute atomic E-state index is 0.0250. The summed E-state index contributed by atoms with van der Waals surface area (Å²) in [5, 5.41) is 2.78. The van der Waals surface area contributed by atoms with Gasteiger partial charge in [-0.25, -0.2) is 15.0 Å². The number of nitrogens with one attached hydrogen (secondary N) is 3. The van der Waals surface area contributed by atoms with Crippen LogP contribution >= 0.6 is 0 Å². The highest BCUT2D eigenvalue weighted by molar-refractivity contribution is 6.07. The highest BCUT2D eigenvalue weighted by Crippen LogP contribution is 2.33. The molecule has 0 unspecified atom stereocenters. The number of rotatable bonds is 4. The third kappa shape index (κ3) is 3.91. The number of amides is 5. The monoisotopic (exact) mass is 326 g/mol. The van der Waals surface area contributed by atoms with Gasteiger partial charge in [0, 0.05) is 13.0 Å². The Balaban J connectivity index is 1.81. The van der Waals surface area contributed by atoms with Gasteiger partial charge in [-0.2, -0.15) is 0 Å². The second kappa shape index (κ2) is 7.30. The molecule has 1 aliphatic heterocycles. The van der Waals surface area contributed by atoms with Crippen molar-refractivity contribution >= 4 is 23.9 Å². The van der Waals surface area contributed by atoms with E-state index in [1.54, 1.807) is 6.92 Å². The highest BCUT2D eigenvalue weighted by atomic mass is 16.5. The summed E-state index contributed by atoms with van der Waals surface area (Å²) in [4.78, 5) is 48.2. The topological polar surface area (TPSA) is 117 Å². The van der Waals surface area contributed by atoms with E-state index in [1.165, 1.54) is 0 Å². The van der Waals surface area contributed by atoms with Crippen LogP contribution in [0.5, 0.6) is 0 Å². The standard InChI is InChI=1S/C14H22N4O5/c1-2-23-13(22)17-16-10(19)6-9-18-11(20)14(15-12(18)21)7-4-3-5-8-14/h2-9H2,1H3,(H,15,21)(H,16,19)(H,17,22). The maximum absolute atomic E-state index is 12.5. The first-order valence-corrected chi connectivity index (χ1v) is 7.84. The lowest BCUT2D eigenvalue weighted by Crippen LogP contribution is -2.48. The van der Waals surface area contributed by atoms with Crippen LogP contribution < -0.4 is 16.2 Å². The third-order valence-electron chi connectivity index (χ3n) is 4.09. The minimum atomic E-state index is -0.783. The average molecular weight is 326 g/mol. The Labute approximate surface area is 134 Å². The van der Waals surface area contributed by atoms with Crippen LogP contribution in [0.25, 0.3) is 0 Å². The van der Waals surface area contributed by atoms with Gasteiger partial charge in [0.15, 0.2) is 0 Å². The smallest absolute Gasteiger partial charge is 0.426 e. The molecule has 2 aliphatic rings. The largest absolute Gasteiger partial charge is 0.449 e. The van der Waals surface area contributed by atoms with Gasteiger partial charge in [0.1, 0.15) is 5.54 Å². The van der Waals surface area contributed by atoms with Crippen molar-refractivity contribution in [3.8, 4) is 0 Å². The molecule has 0 aromatic rings. The van der Waals surface area contributed by atoms with E-state index in [1.807, 2.05) is 0 Å². The molecule has 1 spiro atoms. The Morgan fingerprint density at radius 2 is 1.91 bits per heavy atom. The molecule has 128 valence electrons. The zero-order valence-corrected chi connectivity index (χ0v) is 13.1. The lowest BCUT2D eigenvalue weighted by Gasteiger charge is -2.30. The number of carbonyl (C=O) groups excluding carboxylic acids is 4. The quantitative estimate of drug-likeness (QED) is 0.511. The summed E-state index contributed by atoms with van der Waals surface area (Å²) >= 11 is 0. The molecule has 23 heavy (non-hydrogen) atoms. The van der Waals surface area contributed by atoms with E-state index >= 15 is 0 Å². The molecule has 9 heteroatoms. The van der Waals surface area contributed by atoms with Gasteiger partial charge in [-0.1, -0.05) is 19.3 Å². The Hall–Kier alpha value is -2.32. The summed E-state index contributed by atoms with van der Waals surface area (Å²) < 4.78 is 4.59. The van der Waals surface area contributed by atoms with Gasteiger partial charge in [-0.05, 0) is 19.8 Å². The third-order valence-corrected chi connectivity index (χ3v) is 4.09. The first-order chi connectivity index (χ1) is 11.0. The summed E-state index contributed by atoms with van der Waals surface area (Å²) in [5.74, 6) is -0.767. The lowest BCUT2D eigenvalue weighted by molar-refractivity contribution is -0.132. The number of hydrogen-bond donors (Lipinski definition) is 3. The Bertz CT molecular complexity index is 501. The Morgan fingerprint density at radius 1 is 1.22 bits per heavy atom. The van der Waals surface area contributed by atoms with Crippen LogP contribution in [0.1, 0.15) is 45.4 Å². The van der Waals surface area contributed by atoms with Gasteiger partial charge in [-0.15, -0.1) is 0 Å². The Morgan fingerprint density at radius 3 is 2.57 bits per heavy atom. The molecule has 1 saturated heterocycles. The van der Waals surface area contributed by atoms with Crippen molar-refractivity contribution in [1.29, 1.82) is 0 Å². The van der Waals surface area contributed by atoms with Crippen molar-refractivity contribution < 1.29 is 23.9 Å². The Kier molecular flexibility index (Phi) is 5.41. The lowest BCUT2D eigenvalue weighted by atomic mass is 9.82. The van der Waals surface area contributed by atoms with Crippen LogP contribution in [-0.4, -0.2) is 47.5 Å². The molecule has 1 heterocycles. The van der Waals surface area contributed by atoms with Gasteiger partial charge in [0.05, 0.1) is 6.61 Å². The number of hydrazine groups is 1. The molecule has 5 amide bonds. The first kappa shape index (κ1) is 17.0. The second-order valence-electron chi connectivity index (χ2n) is 5.67. The normalized spacial score (nSPS) is 19.4. The fourth-order valence-corrected chi connectivity index (χ4v) is 2.94. The molecule has 1 saturated carbocycles. The number of ether oxygens (including phenoxy) is 1. The fourth-order valence-electron chi connectivity index (χ4n) is 2.94. The number of carbonyl (C=O) groups is 4. The molecule has 0 atom stereocenters. The zero-order chi connectivity index (χ0) is 16.9. The van der Waals surface area contributed by atoms with Crippen molar-refractivity contribution in [1.82, 2.24) is 21.1 Å². The van der Waals surface area contributed by atoms with Crippen molar-refractivity contribution in [2.45, 2.75) is 51.0 Å². The number of urea groups is 1. The molecule has 1 aliphatic carbocycles. The van der Waals surface area contributed by atoms with Crippen molar-refractivity contribution in [2.24, 2.45) is 0 Å². The molecule has 9 nitrogen and oxygen atoms in total. The zero-order valence-electron chi connectivity index (χ0n) is 13.1. The molecular formula is C14H22N4O5. The predicted octanol–water partition coefficient (Wildman–Crippen LogP) is 0.409. The van der Waals surface area contributed by atoms with Crippen LogP contribution in [-0.2, 0) is 14.3 Å². The van der Waals surface area contributed by atoms with Gasteiger partial charge in [-0.3, -0.25) is 19.9 Å². The van der Waals surface area contributed by atoms with Crippen LogP contribution in [0.3, 0.4) is 0 Å². The van der Waals surface area contributed by atoms with E-state index in [2.05, 4.69) is 20.9 Å². The van der Waals surface area contributed by atoms with Crippen LogP contribution in [0, 0.1) is 0 Å². The van der Waals surface area contributed by atoms with Crippen LogP contribution in [0.4, 0.5) is 9.59 Å². The fraction of sp³-hybridized carbons (Fsp3) is 0.714. The molecule has 0 aromatic heterocycles. The predicted molar refractivity (Wildman–Crippen MR) is 79.0 cm³/mol. The van der Waals surface area contributed by atoms with E-state index in [4.69, 9.17) is 0 Å². The van der Waals surface area contributed by atoms with Crippen LogP contribution in [0.2, 0.25) is 0 Å². The van der Waals surface area contributed by atoms with Gasteiger partial charge in [0.25, 0.3) is 5.91 Å². The van der Waals surface area contributed by atoms with E-state index in [-0.39, 0.29) is 25.5 Å². The van der Waals surface area contributed by atoms with Gasteiger partial charge in [0.2, 0.25) is 5.91 Å². The van der Waals surface area contributed by atoms with E-state index in [9.17, 15) is 19.2 Å². The molecule has 0 radical (unpaired) electrons. The maximum atomic E-state index is 12.5. The molecule has 0 aromatic carbocycles. The SMILES string of the molecule is CCOC(=O)NNC(=O)CCN1C(=O)NC2(CCCCC2)C1=O. The van der Waals surface area contributed by atoms with E-state index < -0.39 is 23.6 Å². The van der Waals surface area contributed by atoms with Crippen molar-refractivity contribution in [2.75, 3.05) is 13.2 Å². The van der Waals surface area contributed by atoms with E-state index in [0.717, 1.165) is 24.2 Å². The minimum Gasteiger partial charge on any atom is -0.449 e. The summed E-state index contributed by atoms with van der Waals surface area (Å²) in [5.41, 5.74) is 3.45. The summed E-state index contributed by atoms with van der Waals surface area (Å²) in [6.07, 6.45) is 3.30. The summed E-state index contributed by atoms with van der Waals surface area (Å²) in [7, 11) is 0. The van der Waals surface area contributed by atoms with Crippen molar-refractivity contribution in [3.05, 3.63) is 0 Å². The molecule has 2 rings (SSSR count). The maximum Gasteiger partial charge on any atom is 0.426 e. The second-order valence-corrected chi connectivity index (χ2v) is 5.67. The first-order valence-electron chi connectivity index (χ1n) is 7.84. The molecule has 0 bridgehead atoms. The van der Waals surface area contributed by atoms with Crippen LogP contribution in [0.15, 0.2) is 0 Å². The molecular weight excluding hydrogens is 304 g/mol. The summed E-state index contributed by atoms with van der Waals surface area (Å²) in [6.45, 7) is 1.80. The van der Waals surface area contributed by atoms with E-state index in [0.29, 0.717) is 12.8 Å². The number of imide groups is 1. The average Bonchev–Trinajstić information content (AvgIpc) is 2.75. The number of nitrogens with zero attached hydrogens (tertiary/aromatic N) is 1. The van der Waals surface area contributed by atoms with Gasteiger partial charge < -0.3 is 10.1 Å². The molecule has 2 fully saturated rings.